The maximum absolute atomic E-state index is 13.5. The first-order valence-corrected chi connectivity index (χ1v) is 5.65. The van der Waals surface area contributed by atoms with Gasteiger partial charge < -0.3 is 0 Å². The fourth-order valence-electron chi connectivity index (χ4n) is 1.22. The van der Waals surface area contributed by atoms with Crippen LogP contribution in [0.4, 0.5) is 39.5 Å². The fraction of sp³-hybridized carbons (Fsp3) is 0.333. The molecule has 1 unspecified atom stereocenters. The van der Waals surface area contributed by atoms with Gasteiger partial charge in [-0.05, 0) is 11.6 Å². The van der Waals surface area contributed by atoms with Gasteiger partial charge in [-0.2, -0.15) is 17.6 Å². The summed E-state index contributed by atoms with van der Waals surface area (Å²) < 4.78 is 118. The first-order chi connectivity index (χ1) is 9.18. The Morgan fingerprint density at radius 1 is 0.667 bits per heavy atom. The van der Waals surface area contributed by atoms with E-state index >= 15 is 0 Å². The highest BCUT2D eigenvalue weighted by molar-refractivity contribution is 6.33. The molecule has 120 valence electrons. The van der Waals surface area contributed by atoms with Crippen LogP contribution in [0.25, 0.3) is 0 Å². The van der Waals surface area contributed by atoms with Crippen LogP contribution in [-0.4, -0.2) is 10.5 Å². The van der Waals surface area contributed by atoms with Gasteiger partial charge in [-0.25, -0.2) is 22.0 Å². The van der Waals surface area contributed by atoms with Crippen molar-refractivity contribution in [1.29, 1.82) is 0 Å². The van der Waals surface area contributed by atoms with E-state index in [9.17, 15) is 39.5 Å². The van der Waals surface area contributed by atoms with Crippen LogP contribution in [0.5, 0.6) is 0 Å². The zero-order valence-corrected chi connectivity index (χ0v) is 11.3. The molecule has 12 heteroatoms. The first kappa shape index (κ1) is 18.5. The molecule has 0 aliphatic heterocycles. The number of benzene rings is 1. The zero-order chi connectivity index (χ0) is 17.0. The maximum Gasteiger partial charge on any atom is 0.375 e. The van der Waals surface area contributed by atoms with Crippen LogP contribution in [0.3, 0.4) is 0 Å². The van der Waals surface area contributed by atoms with Crippen LogP contribution < -0.4 is 0 Å². The lowest BCUT2D eigenvalue weighted by molar-refractivity contribution is -0.179. The van der Waals surface area contributed by atoms with Crippen molar-refractivity contribution < 1.29 is 39.5 Å². The van der Waals surface area contributed by atoms with Crippen molar-refractivity contribution in [2.24, 2.45) is 0 Å². The number of halogens is 12. The minimum atomic E-state index is -5.94. The highest BCUT2D eigenvalue weighted by atomic mass is 35.5. The summed E-state index contributed by atoms with van der Waals surface area (Å²) in [6.45, 7) is 0. The summed E-state index contributed by atoms with van der Waals surface area (Å²) in [5.74, 6) is -16.8. The molecular weight excluding hydrogens is 385 g/mol. The number of hydrogen-bond donors (Lipinski definition) is 0. The Hall–Kier alpha value is -0.540. The molecule has 1 aromatic carbocycles. The van der Waals surface area contributed by atoms with Crippen LogP contribution >= 0.6 is 34.8 Å². The van der Waals surface area contributed by atoms with E-state index < -0.39 is 50.3 Å². The highest BCUT2D eigenvalue weighted by Crippen LogP contribution is 2.55. The Balaban J connectivity index is 3.76. The Morgan fingerprint density at radius 3 is 1.29 bits per heavy atom. The Kier molecular flexibility index (Phi) is 4.65. The second-order valence-electron chi connectivity index (χ2n) is 3.59. The molecule has 0 aliphatic carbocycles. The fourth-order valence-corrected chi connectivity index (χ4v) is 1.59. The molecule has 0 aliphatic rings. The van der Waals surface area contributed by atoms with Crippen molar-refractivity contribution in [3.8, 4) is 0 Å². The van der Waals surface area contributed by atoms with Gasteiger partial charge in [0.25, 0.3) is 0 Å². The Bertz CT molecular complexity index is 550. The lowest BCUT2D eigenvalue weighted by Gasteiger charge is -2.31. The van der Waals surface area contributed by atoms with Gasteiger partial charge in [0.2, 0.25) is 0 Å². The molecule has 0 N–H and O–H groups in total. The molecule has 21 heavy (non-hydrogen) atoms. The van der Waals surface area contributed by atoms with Crippen LogP contribution in [0.2, 0.25) is 5.02 Å². The van der Waals surface area contributed by atoms with Gasteiger partial charge in [-0.15, -0.1) is 0 Å². The van der Waals surface area contributed by atoms with Crippen molar-refractivity contribution in [2.45, 2.75) is 16.4 Å². The standard InChI is InChI=1S/C9Cl3F9/c10-2-5(15)3(13)1(4(14)6(2)16)7(17,18)8(11,19)9(12,20)21. The first-order valence-electron chi connectivity index (χ1n) is 4.52. The quantitative estimate of drug-likeness (QED) is 0.270. The second-order valence-corrected chi connectivity index (χ2v) is 4.96. The highest BCUT2D eigenvalue weighted by Gasteiger charge is 2.71. The van der Waals surface area contributed by atoms with Crippen molar-refractivity contribution in [3.63, 3.8) is 0 Å². The van der Waals surface area contributed by atoms with Crippen LogP contribution in [0, 0.1) is 23.3 Å². The summed E-state index contributed by atoms with van der Waals surface area (Å²) in [5.41, 5.74) is -3.01. The van der Waals surface area contributed by atoms with Crippen LogP contribution in [0.15, 0.2) is 0 Å². The number of rotatable bonds is 3. The van der Waals surface area contributed by atoms with E-state index in [1.54, 1.807) is 0 Å². The predicted molar refractivity (Wildman–Crippen MR) is 55.7 cm³/mol. The summed E-state index contributed by atoms with van der Waals surface area (Å²) in [7, 11) is 0. The van der Waals surface area contributed by atoms with Gasteiger partial charge in [-0.3, -0.25) is 0 Å². The number of alkyl halides is 7. The molecule has 0 saturated carbocycles. The van der Waals surface area contributed by atoms with Crippen LogP contribution in [0.1, 0.15) is 5.56 Å². The summed E-state index contributed by atoms with van der Waals surface area (Å²) >= 11 is 13.0. The average Bonchev–Trinajstić information content (AvgIpc) is 2.32. The van der Waals surface area contributed by atoms with E-state index in [1.165, 1.54) is 0 Å². The molecule has 0 bridgehead atoms. The lowest BCUT2D eigenvalue weighted by atomic mass is 10.0. The third-order valence-corrected chi connectivity index (χ3v) is 3.44. The molecule has 0 saturated heterocycles. The topological polar surface area (TPSA) is 0 Å². The van der Waals surface area contributed by atoms with Crippen molar-refractivity contribution in [1.82, 2.24) is 0 Å². The summed E-state index contributed by atoms with van der Waals surface area (Å²) in [4.78, 5) is 0. The van der Waals surface area contributed by atoms with Crippen molar-refractivity contribution >= 4 is 34.8 Å². The molecule has 0 nitrogen and oxygen atoms in total. The van der Waals surface area contributed by atoms with E-state index in [0.717, 1.165) is 0 Å². The number of hydrogen-bond acceptors (Lipinski definition) is 0. The zero-order valence-electron chi connectivity index (χ0n) is 9.04. The molecule has 0 radical (unpaired) electrons. The van der Waals surface area contributed by atoms with E-state index in [0.29, 0.717) is 0 Å². The van der Waals surface area contributed by atoms with Gasteiger partial charge in [0.15, 0.2) is 23.3 Å². The molecule has 0 spiro atoms. The third-order valence-electron chi connectivity index (χ3n) is 2.27. The van der Waals surface area contributed by atoms with Gasteiger partial charge in [-0.1, -0.05) is 23.2 Å². The Labute approximate surface area is 125 Å². The monoisotopic (exact) mass is 384 g/mol. The largest absolute Gasteiger partial charge is 0.375 e. The molecular formula is C9Cl3F9. The summed E-state index contributed by atoms with van der Waals surface area (Å²) in [5, 5.41) is -13.0. The lowest BCUT2D eigenvalue weighted by Crippen LogP contribution is -2.49. The SMILES string of the molecule is Fc1c(F)c(C(F)(F)C(F)(Cl)C(F)(F)Cl)c(F)c(F)c1Cl. The van der Waals surface area contributed by atoms with Gasteiger partial charge in [0, 0.05) is 0 Å². The summed E-state index contributed by atoms with van der Waals surface area (Å²) in [6, 6.07) is 0. The minimum Gasteiger partial charge on any atom is -0.211 e. The van der Waals surface area contributed by atoms with E-state index in [2.05, 4.69) is 23.2 Å². The van der Waals surface area contributed by atoms with E-state index in [-0.39, 0.29) is 0 Å². The smallest absolute Gasteiger partial charge is 0.211 e. The molecule has 0 amide bonds. The van der Waals surface area contributed by atoms with E-state index in [1.807, 2.05) is 0 Å². The molecule has 1 aromatic rings. The Morgan fingerprint density at radius 2 is 1.00 bits per heavy atom. The van der Waals surface area contributed by atoms with Gasteiger partial charge in [0.05, 0.1) is 0 Å². The third kappa shape index (κ3) is 2.63. The predicted octanol–water partition coefficient (Wildman–Crippen LogP) is 5.72. The molecule has 0 heterocycles. The molecule has 1 rings (SSSR count). The second kappa shape index (κ2) is 5.27. The molecule has 1 atom stereocenters. The maximum atomic E-state index is 13.5. The average molecular weight is 385 g/mol. The van der Waals surface area contributed by atoms with Crippen molar-refractivity contribution in [3.05, 3.63) is 33.9 Å². The van der Waals surface area contributed by atoms with Crippen LogP contribution in [-0.2, 0) is 5.92 Å². The summed E-state index contributed by atoms with van der Waals surface area (Å²) in [6.07, 6.45) is 0. The minimum absolute atomic E-state index is 1.87. The van der Waals surface area contributed by atoms with E-state index in [4.69, 9.17) is 11.6 Å². The van der Waals surface area contributed by atoms with Crippen molar-refractivity contribution in [2.75, 3.05) is 0 Å². The normalized spacial score (nSPS) is 16.0. The van der Waals surface area contributed by atoms with Gasteiger partial charge >= 0.3 is 16.4 Å². The molecule has 0 fully saturated rings. The van der Waals surface area contributed by atoms with Gasteiger partial charge in [0.1, 0.15) is 10.6 Å². The molecule has 0 aromatic heterocycles.